The minimum absolute atomic E-state index is 0. The van der Waals surface area contributed by atoms with Gasteiger partial charge in [-0.3, -0.25) is 9.80 Å². The maximum Gasteiger partial charge on any atom is 0.0701 e. The fourth-order valence-electron chi connectivity index (χ4n) is 2.88. The maximum atomic E-state index is 5.67. The van der Waals surface area contributed by atoms with Crippen molar-refractivity contribution >= 4 is 0 Å². The van der Waals surface area contributed by atoms with Gasteiger partial charge in [0, 0.05) is 46.7 Å². The summed E-state index contributed by atoms with van der Waals surface area (Å²) in [5, 5.41) is 3.40. The zero-order valence-electron chi connectivity index (χ0n) is 17.7. The van der Waals surface area contributed by atoms with Crippen LogP contribution in [0.15, 0.2) is 0 Å². The normalized spacial score (nSPS) is 17.9. The molecule has 0 aromatic rings. The number of rotatable bonds is 16. The van der Waals surface area contributed by atoms with E-state index in [-0.39, 0.29) is 1.43 Å². The molecule has 0 spiro atoms. The zero-order chi connectivity index (χ0) is 19.0. The highest BCUT2D eigenvalue weighted by Crippen LogP contribution is 2.05. The predicted molar refractivity (Wildman–Crippen MR) is 110 cm³/mol. The molecule has 158 valence electrons. The van der Waals surface area contributed by atoms with Crippen LogP contribution in [0.3, 0.4) is 0 Å². The molecule has 6 heteroatoms. The number of ether oxygens (including phenoxy) is 3. The average molecular weight is 376 g/mol. The molecule has 0 amide bonds. The second-order valence-electron chi connectivity index (χ2n) is 7.53. The standard InChI is InChI=1S/C20H43N3O3.H2/c1-5-20(4)18-21-6-12-24-14-16-26-17-15-25-13-11-22-7-9-23(10-8-22)19(2)3;/h19-21H,5-18H2,1-4H3;1H. The van der Waals surface area contributed by atoms with E-state index in [1.165, 1.54) is 19.5 Å². The fourth-order valence-corrected chi connectivity index (χ4v) is 2.88. The Hall–Kier alpha value is -0.240. The largest absolute Gasteiger partial charge is 0.378 e. The number of hydrogen-bond donors (Lipinski definition) is 1. The molecule has 1 saturated heterocycles. The summed E-state index contributed by atoms with van der Waals surface area (Å²) in [6.07, 6.45) is 1.22. The van der Waals surface area contributed by atoms with Gasteiger partial charge >= 0.3 is 0 Å². The van der Waals surface area contributed by atoms with Crippen LogP contribution < -0.4 is 5.32 Å². The molecule has 1 rings (SSSR count). The van der Waals surface area contributed by atoms with E-state index in [0.717, 1.165) is 51.9 Å². The van der Waals surface area contributed by atoms with Gasteiger partial charge < -0.3 is 19.5 Å². The number of piperazine rings is 1. The zero-order valence-corrected chi connectivity index (χ0v) is 17.7. The molecule has 26 heavy (non-hydrogen) atoms. The molecule has 0 aromatic carbocycles. The minimum Gasteiger partial charge on any atom is -0.378 e. The first kappa shape index (κ1) is 23.8. The van der Waals surface area contributed by atoms with Gasteiger partial charge in [-0.25, -0.2) is 0 Å². The molecule has 1 unspecified atom stereocenters. The molecule has 0 bridgehead atoms. The Morgan fingerprint density at radius 1 is 0.846 bits per heavy atom. The quantitative estimate of drug-likeness (QED) is 0.416. The number of nitrogens with zero attached hydrogens (tertiary/aromatic N) is 2. The van der Waals surface area contributed by atoms with Gasteiger partial charge in [-0.15, -0.1) is 0 Å². The number of hydrogen-bond acceptors (Lipinski definition) is 6. The summed E-state index contributed by atoms with van der Waals surface area (Å²) in [4.78, 5) is 5.03. The fraction of sp³-hybridized carbons (Fsp3) is 1.00. The Balaban J connectivity index is 0.00000676. The first-order valence-electron chi connectivity index (χ1n) is 10.5. The van der Waals surface area contributed by atoms with E-state index in [0.29, 0.717) is 32.5 Å². The molecule has 1 aliphatic rings. The van der Waals surface area contributed by atoms with Crippen LogP contribution in [-0.2, 0) is 14.2 Å². The summed E-state index contributed by atoms with van der Waals surface area (Å²) in [5.74, 6) is 0.739. The van der Waals surface area contributed by atoms with Gasteiger partial charge in [0.1, 0.15) is 0 Å². The lowest BCUT2D eigenvalue weighted by Gasteiger charge is -2.36. The van der Waals surface area contributed by atoms with Crippen LogP contribution in [-0.4, -0.2) is 101 Å². The molecule has 1 fully saturated rings. The lowest BCUT2D eigenvalue weighted by Crippen LogP contribution is -2.49. The first-order chi connectivity index (χ1) is 12.6. The molecular formula is C20H45N3O3. The molecule has 1 atom stereocenters. The number of nitrogens with one attached hydrogen (secondary N) is 1. The molecular weight excluding hydrogens is 330 g/mol. The third-order valence-corrected chi connectivity index (χ3v) is 5.05. The van der Waals surface area contributed by atoms with Gasteiger partial charge in [0.25, 0.3) is 0 Å². The van der Waals surface area contributed by atoms with Gasteiger partial charge in [0.05, 0.1) is 39.6 Å². The van der Waals surface area contributed by atoms with Crippen LogP contribution in [0, 0.1) is 5.92 Å². The monoisotopic (exact) mass is 375 g/mol. The second kappa shape index (κ2) is 15.8. The third kappa shape index (κ3) is 12.2. The van der Waals surface area contributed by atoms with Crippen molar-refractivity contribution in [2.75, 3.05) is 85.5 Å². The third-order valence-electron chi connectivity index (χ3n) is 5.05. The Kier molecular flexibility index (Phi) is 14.4. The van der Waals surface area contributed by atoms with Crippen molar-refractivity contribution < 1.29 is 15.6 Å². The molecule has 1 heterocycles. The van der Waals surface area contributed by atoms with Crippen LogP contribution in [0.2, 0.25) is 0 Å². The van der Waals surface area contributed by atoms with E-state index in [1.807, 2.05) is 0 Å². The highest BCUT2D eigenvalue weighted by molar-refractivity contribution is 4.73. The van der Waals surface area contributed by atoms with Crippen LogP contribution in [0.5, 0.6) is 0 Å². The Labute approximate surface area is 163 Å². The highest BCUT2D eigenvalue weighted by atomic mass is 16.5. The van der Waals surface area contributed by atoms with Crippen LogP contribution in [0.4, 0.5) is 0 Å². The van der Waals surface area contributed by atoms with Crippen molar-refractivity contribution in [3.05, 3.63) is 0 Å². The summed E-state index contributed by atoms with van der Waals surface area (Å²) in [6.45, 7) is 20.9. The topological polar surface area (TPSA) is 46.2 Å². The van der Waals surface area contributed by atoms with E-state index < -0.39 is 0 Å². The molecule has 0 aromatic heterocycles. The lowest BCUT2D eigenvalue weighted by molar-refractivity contribution is 0.00755. The minimum atomic E-state index is 0. The highest BCUT2D eigenvalue weighted by Gasteiger charge is 2.17. The Morgan fingerprint density at radius 2 is 1.42 bits per heavy atom. The van der Waals surface area contributed by atoms with Crippen molar-refractivity contribution in [1.29, 1.82) is 0 Å². The first-order valence-corrected chi connectivity index (χ1v) is 10.5. The van der Waals surface area contributed by atoms with E-state index in [4.69, 9.17) is 14.2 Å². The van der Waals surface area contributed by atoms with E-state index >= 15 is 0 Å². The van der Waals surface area contributed by atoms with Crippen molar-refractivity contribution in [2.45, 2.75) is 40.2 Å². The van der Waals surface area contributed by atoms with Crippen molar-refractivity contribution in [3.63, 3.8) is 0 Å². The SMILES string of the molecule is CCC(C)CNCCOCCOCCOCCN1CCN(C(C)C)CC1.[HH]. The summed E-state index contributed by atoms with van der Waals surface area (Å²) in [5.41, 5.74) is 0. The molecule has 1 N–H and O–H groups in total. The second-order valence-corrected chi connectivity index (χ2v) is 7.53. The van der Waals surface area contributed by atoms with E-state index in [1.54, 1.807) is 0 Å². The summed E-state index contributed by atoms with van der Waals surface area (Å²) < 4.78 is 16.8. The Bertz CT molecular complexity index is 317. The average Bonchev–Trinajstić information content (AvgIpc) is 2.65. The Morgan fingerprint density at radius 3 is 2.00 bits per heavy atom. The van der Waals surface area contributed by atoms with Crippen molar-refractivity contribution in [1.82, 2.24) is 15.1 Å². The summed E-state index contributed by atoms with van der Waals surface area (Å²) in [7, 11) is 0. The van der Waals surface area contributed by atoms with Gasteiger partial charge in [-0.05, 0) is 26.3 Å². The van der Waals surface area contributed by atoms with Gasteiger partial charge in [-0.1, -0.05) is 20.3 Å². The van der Waals surface area contributed by atoms with Crippen molar-refractivity contribution in [3.8, 4) is 0 Å². The molecule has 0 saturated carbocycles. The van der Waals surface area contributed by atoms with Crippen LogP contribution in [0.1, 0.15) is 35.5 Å². The van der Waals surface area contributed by atoms with Gasteiger partial charge in [0.2, 0.25) is 0 Å². The summed E-state index contributed by atoms with van der Waals surface area (Å²) >= 11 is 0. The summed E-state index contributed by atoms with van der Waals surface area (Å²) in [6, 6.07) is 0.663. The van der Waals surface area contributed by atoms with E-state index in [9.17, 15) is 0 Å². The van der Waals surface area contributed by atoms with Crippen molar-refractivity contribution in [2.24, 2.45) is 5.92 Å². The predicted octanol–water partition coefficient (Wildman–Crippen LogP) is 1.94. The van der Waals surface area contributed by atoms with Gasteiger partial charge in [0.15, 0.2) is 0 Å². The molecule has 6 nitrogen and oxygen atoms in total. The molecule has 0 aliphatic carbocycles. The smallest absolute Gasteiger partial charge is 0.0701 e. The van der Waals surface area contributed by atoms with Gasteiger partial charge in [-0.2, -0.15) is 0 Å². The maximum absolute atomic E-state index is 5.67. The van der Waals surface area contributed by atoms with Crippen LogP contribution in [0.25, 0.3) is 0 Å². The van der Waals surface area contributed by atoms with Crippen LogP contribution >= 0.6 is 0 Å². The lowest BCUT2D eigenvalue weighted by atomic mass is 10.1. The molecule has 1 aliphatic heterocycles. The van der Waals surface area contributed by atoms with E-state index in [2.05, 4.69) is 42.8 Å². The molecule has 0 radical (unpaired) electrons.